The Balaban J connectivity index is 1.45. The van der Waals surface area contributed by atoms with Gasteiger partial charge in [0.1, 0.15) is 12.4 Å². The molecule has 0 aliphatic carbocycles. The molecule has 0 amide bonds. The van der Waals surface area contributed by atoms with Gasteiger partial charge in [-0.25, -0.2) is 0 Å². The third-order valence-corrected chi connectivity index (χ3v) is 7.42. The van der Waals surface area contributed by atoms with Crippen LogP contribution in [0.15, 0.2) is 95.9 Å². The average molecular weight is 454 g/mol. The summed E-state index contributed by atoms with van der Waals surface area (Å²) in [6.07, 6.45) is 4.77. The molecule has 2 nitrogen and oxygen atoms in total. The molecule has 1 aliphatic heterocycles. The van der Waals surface area contributed by atoms with Crippen LogP contribution in [0.2, 0.25) is 0 Å². The van der Waals surface area contributed by atoms with Crippen molar-refractivity contribution < 1.29 is 4.74 Å². The molecule has 4 aromatic rings. The highest BCUT2D eigenvalue weighted by molar-refractivity contribution is 7.98. The van der Waals surface area contributed by atoms with E-state index in [1.165, 1.54) is 58.3 Å². The van der Waals surface area contributed by atoms with Crippen molar-refractivity contribution in [1.82, 2.24) is 4.90 Å². The molecule has 33 heavy (non-hydrogen) atoms. The van der Waals surface area contributed by atoms with E-state index in [1.54, 1.807) is 11.8 Å². The first kappa shape index (κ1) is 22.1. The molecule has 4 aromatic carbocycles. The zero-order valence-corrected chi connectivity index (χ0v) is 20.1. The first-order chi connectivity index (χ1) is 16.3. The number of nitrogens with zero attached hydrogens (tertiary/aromatic N) is 1. The molecular formula is C30H31NOS. The predicted molar refractivity (Wildman–Crippen MR) is 141 cm³/mol. The summed E-state index contributed by atoms with van der Waals surface area (Å²) in [6.45, 7) is 4.19. The lowest BCUT2D eigenvalue weighted by Crippen LogP contribution is -2.25. The van der Waals surface area contributed by atoms with E-state index in [2.05, 4.69) is 102 Å². The van der Waals surface area contributed by atoms with Gasteiger partial charge in [-0.05, 0) is 83.9 Å². The third-order valence-electron chi connectivity index (χ3n) is 6.67. The highest BCUT2D eigenvalue weighted by Gasteiger charge is 2.19. The third kappa shape index (κ3) is 5.10. The van der Waals surface area contributed by atoms with Crippen LogP contribution in [0.25, 0.3) is 10.8 Å². The minimum atomic E-state index is 0.172. The molecule has 0 bridgehead atoms. The van der Waals surface area contributed by atoms with Gasteiger partial charge in [-0.2, -0.15) is 0 Å². The lowest BCUT2D eigenvalue weighted by molar-refractivity contribution is 0.238. The molecule has 0 aromatic heterocycles. The van der Waals surface area contributed by atoms with Gasteiger partial charge < -0.3 is 4.74 Å². The summed E-state index contributed by atoms with van der Waals surface area (Å²) in [7, 11) is 0. The molecule has 1 atom stereocenters. The Morgan fingerprint density at radius 1 is 0.788 bits per heavy atom. The number of ether oxygens (including phenoxy) is 1. The fraction of sp³-hybridized carbons (Fsp3) is 0.267. The van der Waals surface area contributed by atoms with E-state index >= 15 is 0 Å². The zero-order valence-electron chi connectivity index (χ0n) is 19.2. The molecule has 1 fully saturated rings. The lowest BCUT2D eigenvalue weighted by atomic mass is 9.83. The van der Waals surface area contributed by atoms with E-state index in [9.17, 15) is 0 Å². The van der Waals surface area contributed by atoms with Gasteiger partial charge in [0, 0.05) is 17.4 Å². The van der Waals surface area contributed by atoms with Crippen LogP contribution in [0.5, 0.6) is 5.75 Å². The Bertz CT molecular complexity index is 1170. The number of hydrogen-bond acceptors (Lipinski definition) is 3. The van der Waals surface area contributed by atoms with Crippen LogP contribution in [0.3, 0.4) is 0 Å². The molecule has 1 aliphatic rings. The standard InChI is InChI=1S/C30H31NOS/c1-33-27-17-13-25(14-18-27)30(29-10-6-8-23-7-2-3-9-28(23)29)24-11-15-26(16-12-24)32-22-21-31-19-4-5-20-31/h2-3,6-18,30H,4-5,19-22H2,1H3. The second kappa shape index (κ2) is 10.5. The smallest absolute Gasteiger partial charge is 0.119 e. The van der Waals surface area contributed by atoms with Crippen molar-refractivity contribution in [3.8, 4) is 5.75 Å². The highest BCUT2D eigenvalue weighted by atomic mass is 32.2. The Labute approximate surface area is 201 Å². The van der Waals surface area contributed by atoms with Crippen LogP contribution in [0, 0.1) is 0 Å². The summed E-state index contributed by atoms with van der Waals surface area (Å²) >= 11 is 1.78. The molecule has 0 N–H and O–H groups in total. The summed E-state index contributed by atoms with van der Waals surface area (Å²) in [5.41, 5.74) is 3.94. The molecule has 168 valence electrons. The maximum absolute atomic E-state index is 6.07. The van der Waals surface area contributed by atoms with Gasteiger partial charge in [0.2, 0.25) is 0 Å². The Morgan fingerprint density at radius 3 is 2.18 bits per heavy atom. The van der Waals surface area contributed by atoms with E-state index in [0.717, 1.165) is 18.9 Å². The van der Waals surface area contributed by atoms with Crippen molar-refractivity contribution in [1.29, 1.82) is 0 Å². The summed E-state index contributed by atoms with van der Waals surface area (Å²) in [6, 6.07) is 33.1. The largest absolute Gasteiger partial charge is 0.492 e. The molecule has 1 saturated heterocycles. The van der Waals surface area contributed by atoms with E-state index < -0.39 is 0 Å². The van der Waals surface area contributed by atoms with Crippen molar-refractivity contribution in [2.75, 3.05) is 32.5 Å². The van der Waals surface area contributed by atoms with Crippen molar-refractivity contribution in [2.24, 2.45) is 0 Å². The number of benzene rings is 4. The summed E-state index contributed by atoms with van der Waals surface area (Å²) < 4.78 is 6.07. The molecular weight excluding hydrogens is 422 g/mol. The van der Waals surface area contributed by atoms with Gasteiger partial charge >= 0.3 is 0 Å². The molecule has 1 unspecified atom stereocenters. The van der Waals surface area contributed by atoms with E-state index in [4.69, 9.17) is 4.74 Å². The van der Waals surface area contributed by atoms with Crippen LogP contribution in [0.1, 0.15) is 35.4 Å². The van der Waals surface area contributed by atoms with Gasteiger partial charge in [-0.15, -0.1) is 11.8 Å². The molecule has 0 radical (unpaired) electrons. The van der Waals surface area contributed by atoms with Gasteiger partial charge in [-0.1, -0.05) is 66.7 Å². The number of thioether (sulfide) groups is 1. The lowest BCUT2D eigenvalue weighted by Gasteiger charge is -2.22. The van der Waals surface area contributed by atoms with E-state index in [-0.39, 0.29) is 5.92 Å². The number of hydrogen-bond donors (Lipinski definition) is 0. The van der Waals surface area contributed by atoms with Crippen molar-refractivity contribution in [3.05, 3.63) is 108 Å². The fourth-order valence-electron chi connectivity index (χ4n) is 4.91. The topological polar surface area (TPSA) is 12.5 Å². The van der Waals surface area contributed by atoms with Crippen molar-refractivity contribution in [3.63, 3.8) is 0 Å². The van der Waals surface area contributed by atoms with Crippen LogP contribution in [-0.2, 0) is 0 Å². The highest BCUT2D eigenvalue weighted by Crippen LogP contribution is 2.37. The van der Waals surface area contributed by atoms with Gasteiger partial charge in [0.05, 0.1) is 0 Å². The Hall–Kier alpha value is -2.75. The quantitative estimate of drug-likeness (QED) is 0.206. The maximum Gasteiger partial charge on any atom is 0.119 e. The number of fused-ring (bicyclic) bond motifs is 1. The molecule has 0 saturated carbocycles. The Kier molecular flexibility index (Phi) is 6.99. The van der Waals surface area contributed by atoms with Gasteiger partial charge in [0.15, 0.2) is 0 Å². The predicted octanol–water partition coefficient (Wildman–Crippen LogP) is 7.22. The maximum atomic E-state index is 6.07. The molecule has 1 heterocycles. The summed E-state index contributed by atoms with van der Waals surface area (Å²) in [5.74, 6) is 1.12. The minimum Gasteiger partial charge on any atom is -0.492 e. The van der Waals surface area contributed by atoms with E-state index in [1.807, 2.05) is 0 Å². The molecule has 3 heteroatoms. The van der Waals surface area contributed by atoms with Crippen LogP contribution in [0.4, 0.5) is 0 Å². The van der Waals surface area contributed by atoms with Gasteiger partial charge in [0.25, 0.3) is 0 Å². The SMILES string of the molecule is CSc1ccc(C(c2ccc(OCCN3CCCC3)cc2)c2cccc3ccccc23)cc1. The first-order valence-corrected chi connectivity index (χ1v) is 13.1. The zero-order chi connectivity index (χ0) is 22.5. The average Bonchev–Trinajstić information content (AvgIpc) is 3.39. The molecule has 0 spiro atoms. The van der Waals surface area contributed by atoms with Crippen LogP contribution in [-0.4, -0.2) is 37.4 Å². The summed E-state index contributed by atoms with van der Waals surface area (Å²) in [5, 5.41) is 2.59. The van der Waals surface area contributed by atoms with Crippen molar-refractivity contribution in [2.45, 2.75) is 23.7 Å². The van der Waals surface area contributed by atoms with E-state index in [0.29, 0.717) is 0 Å². The summed E-state index contributed by atoms with van der Waals surface area (Å²) in [4.78, 5) is 3.78. The van der Waals surface area contributed by atoms with Crippen molar-refractivity contribution >= 4 is 22.5 Å². The minimum absolute atomic E-state index is 0.172. The van der Waals surface area contributed by atoms with Crippen LogP contribution >= 0.6 is 11.8 Å². The Morgan fingerprint density at radius 2 is 1.45 bits per heavy atom. The number of rotatable bonds is 8. The normalized spacial score (nSPS) is 15.1. The monoisotopic (exact) mass is 453 g/mol. The van der Waals surface area contributed by atoms with Crippen LogP contribution < -0.4 is 4.74 Å². The van der Waals surface area contributed by atoms with Gasteiger partial charge in [-0.3, -0.25) is 4.90 Å². The first-order valence-electron chi connectivity index (χ1n) is 11.9. The second-order valence-electron chi connectivity index (χ2n) is 8.74. The molecule has 5 rings (SSSR count). The number of likely N-dealkylation sites (tertiary alicyclic amines) is 1. The fourth-order valence-corrected chi connectivity index (χ4v) is 5.31. The second-order valence-corrected chi connectivity index (χ2v) is 9.62.